The molecule has 0 bridgehead atoms. The minimum Gasteiger partial charge on any atom is -0.327 e. The van der Waals surface area contributed by atoms with Gasteiger partial charge in [-0.25, -0.2) is 0 Å². The highest BCUT2D eigenvalue weighted by atomic mass is 79.9. The lowest BCUT2D eigenvalue weighted by Gasteiger charge is -2.04. The van der Waals surface area contributed by atoms with Crippen molar-refractivity contribution < 1.29 is 0 Å². The van der Waals surface area contributed by atoms with Crippen LogP contribution in [0.2, 0.25) is 0 Å². The molecule has 2 atom stereocenters. The predicted octanol–water partition coefficient (Wildman–Crippen LogP) is 2.50. The molecule has 0 radical (unpaired) electrons. The van der Waals surface area contributed by atoms with Crippen LogP contribution in [0.4, 0.5) is 0 Å². The second kappa shape index (κ2) is 2.31. The summed E-state index contributed by atoms with van der Waals surface area (Å²) in [6, 6.07) is 4.64. The van der Waals surface area contributed by atoms with Gasteiger partial charge in [0.15, 0.2) is 0 Å². The van der Waals surface area contributed by atoms with Crippen LogP contribution in [0, 0.1) is 0 Å². The van der Waals surface area contributed by atoms with Crippen molar-refractivity contribution in [3.8, 4) is 0 Å². The fraction of sp³-hybridized carbons (Fsp3) is 0.500. The van der Waals surface area contributed by atoms with E-state index in [1.807, 2.05) is 0 Å². The Kier molecular flexibility index (Phi) is 1.63. The minimum atomic E-state index is 0.288. The molecule has 3 heteroatoms. The van der Waals surface area contributed by atoms with Crippen molar-refractivity contribution in [2.45, 2.75) is 24.8 Å². The van der Waals surface area contributed by atoms with Crippen LogP contribution in [0.1, 0.15) is 18.2 Å². The van der Waals surface area contributed by atoms with E-state index in [0.717, 1.165) is 6.42 Å². The third kappa shape index (κ3) is 1.15. The topological polar surface area (TPSA) is 26.0 Å². The van der Waals surface area contributed by atoms with Crippen LogP contribution in [-0.2, 0) is 5.41 Å². The molecule has 11 heavy (non-hydrogen) atoms. The van der Waals surface area contributed by atoms with Gasteiger partial charge in [-0.15, -0.1) is 11.3 Å². The first-order valence-electron chi connectivity index (χ1n) is 3.64. The first-order valence-corrected chi connectivity index (χ1v) is 5.25. The first-order chi connectivity index (χ1) is 5.13. The molecule has 2 N–H and O–H groups in total. The van der Waals surface area contributed by atoms with Gasteiger partial charge in [-0.1, -0.05) is 6.92 Å². The standard InChI is InChI=1S/C8H10BrNS/c1-8(4-5(8)10)6-2-3-7(9)11-6/h2-3,5H,4,10H2,1H3. The molecule has 60 valence electrons. The summed E-state index contributed by atoms with van der Waals surface area (Å²) in [6.45, 7) is 2.23. The van der Waals surface area contributed by atoms with E-state index >= 15 is 0 Å². The summed E-state index contributed by atoms with van der Waals surface area (Å²) in [6.07, 6.45) is 1.14. The van der Waals surface area contributed by atoms with Gasteiger partial charge in [-0.2, -0.15) is 0 Å². The molecule has 1 aliphatic carbocycles. The summed E-state index contributed by atoms with van der Waals surface area (Å²) >= 11 is 5.25. The van der Waals surface area contributed by atoms with E-state index in [1.54, 1.807) is 11.3 Å². The van der Waals surface area contributed by atoms with Gasteiger partial charge in [-0.3, -0.25) is 0 Å². The second-order valence-corrected chi connectivity index (χ2v) is 5.79. The Hall–Kier alpha value is 0.140. The average Bonchev–Trinajstić information content (AvgIpc) is 2.44. The van der Waals surface area contributed by atoms with Crippen LogP contribution < -0.4 is 5.73 Å². The highest BCUT2D eigenvalue weighted by Crippen LogP contribution is 2.49. The molecule has 0 amide bonds. The molecule has 1 aromatic heterocycles. The molecule has 2 rings (SSSR count). The van der Waals surface area contributed by atoms with Gasteiger partial charge in [0, 0.05) is 16.3 Å². The normalized spacial score (nSPS) is 35.7. The maximum absolute atomic E-state index is 5.83. The zero-order valence-corrected chi connectivity index (χ0v) is 8.71. The number of rotatable bonds is 1. The van der Waals surface area contributed by atoms with Crippen molar-refractivity contribution in [1.82, 2.24) is 0 Å². The molecule has 0 aliphatic heterocycles. The Morgan fingerprint density at radius 2 is 2.36 bits per heavy atom. The van der Waals surface area contributed by atoms with E-state index in [1.165, 1.54) is 8.66 Å². The number of halogens is 1. The summed E-state index contributed by atoms with van der Waals surface area (Å²) in [5.41, 5.74) is 6.12. The predicted molar refractivity (Wildman–Crippen MR) is 52.0 cm³/mol. The summed E-state index contributed by atoms with van der Waals surface area (Å²) in [5.74, 6) is 0. The molecular formula is C8H10BrNS. The molecule has 0 spiro atoms. The highest BCUT2D eigenvalue weighted by molar-refractivity contribution is 9.11. The lowest BCUT2D eigenvalue weighted by Crippen LogP contribution is -2.12. The molecule has 0 saturated heterocycles. The Morgan fingerprint density at radius 1 is 1.73 bits per heavy atom. The number of thiophene rings is 1. The summed E-state index contributed by atoms with van der Waals surface area (Å²) in [4.78, 5) is 1.41. The second-order valence-electron chi connectivity index (χ2n) is 3.33. The van der Waals surface area contributed by atoms with Crippen molar-refractivity contribution in [2.24, 2.45) is 5.73 Å². The van der Waals surface area contributed by atoms with Gasteiger partial charge in [0.25, 0.3) is 0 Å². The van der Waals surface area contributed by atoms with Gasteiger partial charge in [0.05, 0.1) is 3.79 Å². The fourth-order valence-corrected chi connectivity index (χ4v) is 2.91. The van der Waals surface area contributed by atoms with E-state index < -0.39 is 0 Å². The van der Waals surface area contributed by atoms with Crippen LogP contribution in [0.25, 0.3) is 0 Å². The number of nitrogens with two attached hydrogens (primary N) is 1. The van der Waals surface area contributed by atoms with Gasteiger partial charge in [-0.05, 0) is 34.5 Å². The van der Waals surface area contributed by atoms with Crippen LogP contribution in [0.15, 0.2) is 15.9 Å². The summed E-state index contributed by atoms with van der Waals surface area (Å²) in [5, 5.41) is 0. The maximum atomic E-state index is 5.83. The van der Waals surface area contributed by atoms with Crippen molar-refractivity contribution in [3.63, 3.8) is 0 Å². The number of hydrogen-bond donors (Lipinski definition) is 1. The van der Waals surface area contributed by atoms with Crippen molar-refractivity contribution >= 4 is 27.3 Å². The Balaban J connectivity index is 2.31. The molecule has 1 aliphatic rings. The van der Waals surface area contributed by atoms with E-state index in [9.17, 15) is 0 Å². The molecule has 1 aromatic rings. The van der Waals surface area contributed by atoms with Crippen LogP contribution in [-0.4, -0.2) is 6.04 Å². The molecule has 2 unspecified atom stereocenters. The Labute approximate surface area is 78.7 Å². The Morgan fingerprint density at radius 3 is 2.73 bits per heavy atom. The molecular weight excluding hydrogens is 222 g/mol. The van der Waals surface area contributed by atoms with Crippen LogP contribution >= 0.6 is 27.3 Å². The molecule has 1 fully saturated rings. The smallest absolute Gasteiger partial charge is 0.0701 e. The van der Waals surface area contributed by atoms with Crippen LogP contribution in [0.5, 0.6) is 0 Å². The fourth-order valence-electron chi connectivity index (χ4n) is 1.30. The van der Waals surface area contributed by atoms with Gasteiger partial charge in [0.2, 0.25) is 0 Å². The van der Waals surface area contributed by atoms with Gasteiger partial charge in [0.1, 0.15) is 0 Å². The molecule has 0 aromatic carbocycles. The van der Waals surface area contributed by atoms with Crippen LogP contribution in [0.3, 0.4) is 0 Å². The maximum Gasteiger partial charge on any atom is 0.0701 e. The summed E-state index contributed by atoms with van der Waals surface area (Å²) < 4.78 is 1.20. The van der Waals surface area contributed by atoms with Crippen molar-refractivity contribution in [3.05, 3.63) is 20.8 Å². The molecule has 1 heterocycles. The van der Waals surface area contributed by atoms with Gasteiger partial charge >= 0.3 is 0 Å². The number of hydrogen-bond acceptors (Lipinski definition) is 2. The summed E-state index contributed by atoms with van der Waals surface area (Å²) in [7, 11) is 0. The SMILES string of the molecule is CC1(c2ccc(Br)s2)CC1N. The lowest BCUT2D eigenvalue weighted by atomic mass is 10.1. The van der Waals surface area contributed by atoms with Gasteiger partial charge < -0.3 is 5.73 Å². The molecule has 1 nitrogen and oxygen atoms in total. The highest BCUT2D eigenvalue weighted by Gasteiger charge is 2.49. The molecule has 1 saturated carbocycles. The third-order valence-corrected chi connectivity index (χ3v) is 4.34. The monoisotopic (exact) mass is 231 g/mol. The third-order valence-electron chi connectivity index (χ3n) is 2.44. The van der Waals surface area contributed by atoms with E-state index in [-0.39, 0.29) is 5.41 Å². The zero-order valence-electron chi connectivity index (χ0n) is 6.30. The van der Waals surface area contributed by atoms with E-state index in [4.69, 9.17) is 5.73 Å². The van der Waals surface area contributed by atoms with Crippen molar-refractivity contribution in [1.29, 1.82) is 0 Å². The van der Waals surface area contributed by atoms with Crippen molar-refractivity contribution in [2.75, 3.05) is 0 Å². The Bertz CT molecular complexity index is 283. The van der Waals surface area contributed by atoms with E-state index in [2.05, 4.69) is 35.0 Å². The minimum absolute atomic E-state index is 0.288. The quantitative estimate of drug-likeness (QED) is 0.790. The zero-order chi connectivity index (χ0) is 8.06. The van der Waals surface area contributed by atoms with E-state index in [0.29, 0.717) is 6.04 Å². The average molecular weight is 232 g/mol. The first kappa shape index (κ1) is 7.77. The lowest BCUT2D eigenvalue weighted by molar-refractivity contribution is 0.758. The largest absolute Gasteiger partial charge is 0.327 e.